The van der Waals surface area contributed by atoms with Crippen LogP contribution in [0.1, 0.15) is 31.2 Å². The standard InChI is InChI=1S/C12H15BrO/c13-9-10-4-3-7-12(8-10)14-11-5-1-2-6-11/h3-4,7-8,11H,1-2,5-6,9H2. The molecule has 0 spiro atoms. The van der Waals surface area contributed by atoms with Crippen LogP contribution < -0.4 is 4.74 Å². The predicted molar refractivity (Wildman–Crippen MR) is 62.0 cm³/mol. The van der Waals surface area contributed by atoms with Gasteiger partial charge in [-0.2, -0.15) is 0 Å². The molecule has 1 aliphatic carbocycles. The molecule has 0 N–H and O–H groups in total. The van der Waals surface area contributed by atoms with Crippen LogP contribution in [-0.2, 0) is 5.33 Å². The molecule has 0 aromatic heterocycles. The number of alkyl halides is 1. The van der Waals surface area contributed by atoms with E-state index in [1.807, 2.05) is 6.07 Å². The highest BCUT2D eigenvalue weighted by atomic mass is 79.9. The van der Waals surface area contributed by atoms with Crippen LogP contribution in [0.3, 0.4) is 0 Å². The first-order valence-electron chi connectivity index (χ1n) is 5.20. The minimum absolute atomic E-state index is 0.459. The average Bonchev–Trinajstić information content (AvgIpc) is 2.71. The molecule has 1 aromatic carbocycles. The molecule has 76 valence electrons. The van der Waals surface area contributed by atoms with Gasteiger partial charge < -0.3 is 4.74 Å². The molecule has 0 radical (unpaired) electrons. The van der Waals surface area contributed by atoms with Gasteiger partial charge in [-0.1, -0.05) is 28.1 Å². The first kappa shape index (κ1) is 10.0. The largest absolute Gasteiger partial charge is 0.490 e. The summed E-state index contributed by atoms with van der Waals surface area (Å²) in [5.74, 6) is 1.02. The molecule has 2 heteroatoms. The van der Waals surface area contributed by atoms with E-state index in [2.05, 4.69) is 34.1 Å². The Kier molecular flexibility index (Phi) is 3.46. The van der Waals surface area contributed by atoms with Gasteiger partial charge in [0.1, 0.15) is 5.75 Å². The normalized spacial score (nSPS) is 17.2. The van der Waals surface area contributed by atoms with Gasteiger partial charge in [0.25, 0.3) is 0 Å². The van der Waals surface area contributed by atoms with E-state index < -0.39 is 0 Å². The third kappa shape index (κ3) is 2.50. The second kappa shape index (κ2) is 4.83. The molecule has 2 rings (SSSR count). The maximum absolute atomic E-state index is 5.90. The lowest BCUT2D eigenvalue weighted by atomic mass is 10.2. The monoisotopic (exact) mass is 254 g/mol. The zero-order valence-corrected chi connectivity index (χ0v) is 9.79. The second-order valence-electron chi connectivity index (χ2n) is 3.81. The lowest BCUT2D eigenvalue weighted by Crippen LogP contribution is -2.10. The summed E-state index contributed by atoms with van der Waals surface area (Å²) in [5, 5.41) is 0.898. The Morgan fingerprint density at radius 1 is 1.29 bits per heavy atom. The summed E-state index contributed by atoms with van der Waals surface area (Å²) in [6, 6.07) is 8.33. The van der Waals surface area contributed by atoms with Crippen molar-refractivity contribution in [3.63, 3.8) is 0 Å². The van der Waals surface area contributed by atoms with Gasteiger partial charge in [-0.05, 0) is 43.4 Å². The molecule has 0 heterocycles. The van der Waals surface area contributed by atoms with E-state index in [9.17, 15) is 0 Å². The van der Waals surface area contributed by atoms with Gasteiger partial charge in [-0.3, -0.25) is 0 Å². The Labute approximate surface area is 93.6 Å². The van der Waals surface area contributed by atoms with E-state index in [1.54, 1.807) is 0 Å². The molecule has 0 saturated heterocycles. The molecule has 0 amide bonds. The van der Waals surface area contributed by atoms with Crippen LogP contribution in [0.4, 0.5) is 0 Å². The van der Waals surface area contributed by atoms with E-state index >= 15 is 0 Å². The molecular weight excluding hydrogens is 240 g/mol. The number of hydrogen-bond acceptors (Lipinski definition) is 1. The van der Waals surface area contributed by atoms with Gasteiger partial charge in [0.2, 0.25) is 0 Å². The zero-order valence-electron chi connectivity index (χ0n) is 8.21. The molecule has 0 unspecified atom stereocenters. The van der Waals surface area contributed by atoms with Gasteiger partial charge in [-0.25, -0.2) is 0 Å². The first-order chi connectivity index (χ1) is 6.88. The maximum atomic E-state index is 5.90. The highest BCUT2D eigenvalue weighted by molar-refractivity contribution is 9.08. The van der Waals surface area contributed by atoms with Crippen LogP contribution >= 0.6 is 15.9 Å². The third-order valence-corrected chi connectivity index (χ3v) is 3.31. The van der Waals surface area contributed by atoms with E-state index in [0.717, 1.165) is 11.1 Å². The molecule has 1 saturated carbocycles. The average molecular weight is 255 g/mol. The van der Waals surface area contributed by atoms with E-state index in [4.69, 9.17) is 4.74 Å². The summed E-state index contributed by atoms with van der Waals surface area (Å²) in [7, 11) is 0. The highest BCUT2D eigenvalue weighted by Gasteiger charge is 2.16. The predicted octanol–water partition coefficient (Wildman–Crippen LogP) is 3.90. The fourth-order valence-corrected chi connectivity index (χ4v) is 2.25. The number of rotatable bonds is 3. The summed E-state index contributed by atoms with van der Waals surface area (Å²) in [5.41, 5.74) is 1.28. The Morgan fingerprint density at radius 3 is 2.79 bits per heavy atom. The second-order valence-corrected chi connectivity index (χ2v) is 4.37. The summed E-state index contributed by atoms with van der Waals surface area (Å²) < 4.78 is 5.90. The zero-order chi connectivity index (χ0) is 9.80. The number of benzene rings is 1. The molecule has 0 aliphatic heterocycles. The smallest absolute Gasteiger partial charge is 0.120 e. The lowest BCUT2D eigenvalue weighted by Gasteiger charge is -2.13. The molecule has 1 nitrogen and oxygen atoms in total. The van der Waals surface area contributed by atoms with Crippen molar-refractivity contribution in [3.8, 4) is 5.75 Å². The van der Waals surface area contributed by atoms with Crippen LogP contribution in [-0.4, -0.2) is 6.10 Å². The molecule has 1 fully saturated rings. The quantitative estimate of drug-likeness (QED) is 0.744. The molecule has 1 aromatic rings. The maximum Gasteiger partial charge on any atom is 0.120 e. The molecule has 14 heavy (non-hydrogen) atoms. The van der Waals surface area contributed by atoms with Crippen molar-refractivity contribution in [3.05, 3.63) is 29.8 Å². The molecular formula is C12H15BrO. The van der Waals surface area contributed by atoms with Crippen molar-refractivity contribution in [2.75, 3.05) is 0 Å². The number of hydrogen-bond donors (Lipinski definition) is 0. The van der Waals surface area contributed by atoms with Crippen molar-refractivity contribution >= 4 is 15.9 Å². The van der Waals surface area contributed by atoms with Gasteiger partial charge in [-0.15, -0.1) is 0 Å². The summed E-state index contributed by atoms with van der Waals surface area (Å²) in [6.45, 7) is 0. The van der Waals surface area contributed by atoms with Crippen LogP contribution in [0.2, 0.25) is 0 Å². The van der Waals surface area contributed by atoms with Gasteiger partial charge in [0.15, 0.2) is 0 Å². The van der Waals surface area contributed by atoms with Crippen molar-refractivity contribution in [1.29, 1.82) is 0 Å². The Hall–Kier alpha value is -0.500. The van der Waals surface area contributed by atoms with E-state index in [1.165, 1.54) is 31.2 Å². The van der Waals surface area contributed by atoms with E-state index in [-0.39, 0.29) is 0 Å². The summed E-state index contributed by atoms with van der Waals surface area (Å²) in [4.78, 5) is 0. The van der Waals surface area contributed by atoms with Crippen LogP contribution in [0.5, 0.6) is 5.75 Å². The topological polar surface area (TPSA) is 9.23 Å². The van der Waals surface area contributed by atoms with Crippen molar-refractivity contribution in [2.24, 2.45) is 0 Å². The van der Waals surface area contributed by atoms with Crippen LogP contribution in [0, 0.1) is 0 Å². The Bertz CT molecular complexity index is 292. The third-order valence-electron chi connectivity index (χ3n) is 2.66. The molecule has 1 aliphatic rings. The highest BCUT2D eigenvalue weighted by Crippen LogP contribution is 2.24. The number of ether oxygens (including phenoxy) is 1. The van der Waals surface area contributed by atoms with Gasteiger partial charge in [0.05, 0.1) is 6.10 Å². The fourth-order valence-electron chi connectivity index (χ4n) is 1.90. The summed E-state index contributed by atoms with van der Waals surface area (Å²) in [6.07, 6.45) is 5.54. The van der Waals surface area contributed by atoms with Gasteiger partial charge in [0, 0.05) is 5.33 Å². The van der Waals surface area contributed by atoms with Crippen LogP contribution in [0.25, 0.3) is 0 Å². The molecule has 0 bridgehead atoms. The van der Waals surface area contributed by atoms with Crippen molar-refractivity contribution in [1.82, 2.24) is 0 Å². The Balaban J connectivity index is 2.00. The minimum Gasteiger partial charge on any atom is -0.490 e. The minimum atomic E-state index is 0.459. The first-order valence-corrected chi connectivity index (χ1v) is 6.32. The molecule has 0 atom stereocenters. The lowest BCUT2D eigenvalue weighted by molar-refractivity contribution is 0.210. The van der Waals surface area contributed by atoms with Crippen molar-refractivity contribution < 1.29 is 4.74 Å². The summed E-state index contributed by atoms with van der Waals surface area (Å²) >= 11 is 3.45. The van der Waals surface area contributed by atoms with E-state index in [0.29, 0.717) is 6.10 Å². The SMILES string of the molecule is BrCc1cccc(OC2CCCC2)c1. The number of halogens is 1. The van der Waals surface area contributed by atoms with Gasteiger partial charge >= 0.3 is 0 Å². The van der Waals surface area contributed by atoms with Crippen LogP contribution in [0.15, 0.2) is 24.3 Å². The Morgan fingerprint density at radius 2 is 2.07 bits per heavy atom. The fraction of sp³-hybridized carbons (Fsp3) is 0.500. The van der Waals surface area contributed by atoms with Crippen molar-refractivity contribution in [2.45, 2.75) is 37.1 Å².